The Balaban J connectivity index is 1.53. The molecular weight excluding hydrogens is 376 g/mol. The van der Waals surface area contributed by atoms with Crippen LogP contribution in [0.25, 0.3) is 27.4 Å². The first-order chi connectivity index (χ1) is 14.6. The summed E-state index contributed by atoms with van der Waals surface area (Å²) in [5.41, 5.74) is 5.02. The number of hydrogen-bond donors (Lipinski definition) is 1. The lowest BCUT2D eigenvalue weighted by molar-refractivity contribution is -0.119. The van der Waals surface area contributed by atoms with E-state index in [1.807, 2.05) is 60.3 Å². The molecule has 2 aliphatic heterocycles. The lowest BCUT2D eigenvalue weighted by atomic mass is 10.1. The number of carbonyl (C=O) groups is 2. The molecule has 6 heteroatoms. The Morgan fingerprint density at radius 1 is 0.933 bits per heavy atom. The zero-order valence-corrected chi connectivity index (χ0v) is 16.6. The molecule has 2 aromatic heterocycles. The second-order valence-corrected chi connectivity index (χ2v) is 7.85. The highest BCUT2D eigenvalue weighted by Gasteiger charge is 2.38. The minimum atomic E-state index is -0.285. The number of aromatic nitrogens is 2. The van der Waals surface area contributed by atoms with E-state index in [0.29, 0.717) is 17.8 Å². The maximum absolute atomic E-state index is 13.6. The molecule has 6 rings (SSSR count). The Hall–Kier alpha value is -3.64. The van der Waals surface area contributed by atoms with Crippen LogP contribution in [0.3, 0.4) is 0 Å². The number of hydrogen-bond acceptors (Lipinski definition) is 3. The molecule has 0 bridgehead atoms. The van der Waals surface area contributed by atoms with Crippen LogP contribution >= 0.6 is 0 Å². The molecule has 6 nitrogen and oxygen atoms in total. The Labute approximate surface area is 173 Å². The molecule has 148 valence electrons. The van der Waals surface area contributed by atoms with E-state index in [1.165, 1.54) is 11.0 Å². The molecule has 2 aliphatic rings. The summed E-state index contributed by atoms with van der Waals surface area (Å²) in [4.78, 5) is 28.1. The van der Waals surface area contributed by atoms with Gasteiger partial charge in [0.2, 0.25) is 0 Å². The molecule has 1 N–H and O–H groups in total. The summed E-state index contributed by atoms with van der Waals surface area (Å²) in [5.74, 6) is -0.547. The molecule has 0 unspecified atom stereocenters. The van der Waals surface area contributed by atoms with Crippen molar-refractivity contribution in [3.8, 4) is 0 Å². The van der Waals surface area contributed by atoms with Gasteiger partial charge in [0.05, 0.1) is 22.5 Å². The van der Waals surface area contributed by atoms with E-state index in [0.717, 1.165) is 46.2 Å². The second kappa shape index (κ2) is 6.18. The Bertz CT molecular complexity index is 1410. The number of fused-ring (bicyclic) bond motifs is 4. The molecule has 0 saturated heterocycles. The lowest BCUT2D eigenvalue weighted by Crippen LogP contribution is -2.34. The van der Waals surface area contributed by atoms with E-state index in [9.17, 15) is 9.59 Å². The molecule has 0 radical (unpaired) electrons. The van der Waals surface area contributed by atoms with E-state index < -0.39 is 0 Å². The summed E-state index contributed by atoms with van der Waals surface area (Å²) < 4.78 is 4.21. The van der Waals surface area contributed by atoms with Gasteiger partial charge in [0.1, 0.15) is 0 Å². The van der Waals surface area contributed by atoms with Gasteiger partial charge in [-0.1, -0.05) is 36.4 Å². The third kappa shape index (κ3) is 2.22. The fourth-order valence-corrected chi connectivity index (χ4v) is 4.85. The number of anilines is 1. The molecule has 2 aromatic carbocycles. The first-order valence-corrected chi connectivity index (χ1v) is 10.1. The first-order valence-electron chi connectivity index (χ1n) is 10.1. The molecular formula is C24H20N4O2. The molecule has 0 fully saturated rings. The molecule has 0 spiro atoms. The standard InChI is InChI=1S/C24H20N4O2/c1-26-14-18(15-6-2-4-8-19(15)26)17-12-22(29)28(24(17)30)23-16-7-3-5-9-20(16)27-11-10-25-13-21(23)27/h2-9,12,14,25H,10-11,13H2,1H3. The van der Waals surface area contributed by atoms with Crippen molar-refractivity contribution in [2.75, 3.05) is 11.4 Å². The van der Waals surface area contributed by atoms with Gasteiger partial charge in [-0.15, -0.1) is 0 Å². The van der Waals surface area contributed by atoms with Crippen LogP contribution < -0.4 is 10.2 Å². The topological polar surface area (TPSA) is 59.3 Å². The lowest BCUT2D eigenvalue weighted by Gasteiger charge is -2.21. The first kappa shape index (κ1) is 17.2. The molecule has 0 aliphatic carbocycles. The fourth-order valence-electron chi connectivity index (χ4n) is 4.85. The van der Waals surface area contributed by atoms with Crippen LogP contribution in [-0.2, 0) is 29.7 Å². The number of nitrogens with zero attached hydrogens (tertiary/aromatic N) is 3. The number of imide groups is 1. The van der Waals surface area contributed by atoms with Gasteiger partial charge in [-0.3, -0.25) is 9.59 Å². The maximum atomic E-state index is 13.6. The molecule has 2 amide bonds. The number of carbonyl (C=O) groups excluding carboxylic acids is 2. The maximum Gasteiger partial charge on any atom is 0.266 e. The van der Waals surface area contributed by atoms with Gasteiger partial charge in [0.15, 0.2) is 0 Å². The van der Waals surface area contributed by atoms with Crippen molar-refractivity contribution >= 4 is 44.9 Å². The van der Waals surface area contributed by atoms with Crippen molar-refractivity contribution in [1.29, 1.82) is 0 Å². The van der Waals surface area contributed by atoms with Crippen LogP contribution in [0.15, 0.2) is 60.8 Å². The number of aryl methyl sites for hydroxylation is 1. The van der Waals surface area contributed by atoms with Gasteiger partial charge in [0, 0.05) is 60.8 Å². The highest BCUT2D eigenvalue weighted by molar-refractivity contribution is 6.45. The van der Waals surface area contributed by atoms with Crippen molar-refractivity contribution in [3.05, 3.63) is 72.1 Å². The predicted octanol–water partition coefficient (Wildman–Crippen LogP) is 3.19. The van der Waals surface area contributed by atoms with Gasteiger partial charge in [-0.2, -0.15) is 0 Å². The van der Waals surface area contributed by atoms with Crippen LogP contribution in [0.5, 0.6) is 0 Å². The van der Waals surface area contributed by atoms with Crippen LogP contribution in [-0.4, -0.2) is 27.5 Å². The van der Waals surface area contributed by atoms with Gasteiger partial charge in [-0.25, -0.2) is 4.90 Å². The SMILES string of the molecule is Cn1cc(C2=CC(=O)N(c3c4n(c5ccccc35)CCNC4)C2=O)c2ccccc21. The molecule has 4 heterocycles. The normalized spacial score (nSPS) is 16.6. The number of para-hydroxylation sites is 2. The third-order valence-corrected chi connectivity index (χ3v) is 6.19. The van der Waals surface area contributed by atoms with Crippen LogP contribution in [0.4, 0.5) is 5.69 Å². The number of rotatable bonds is 2. The highest BCUT2D eigenvalue weighted by atomic mass is 16.2. The Kier molecular flexibility index (Phi) is 3.55. The minimum Gasteiger partial charge on any atom is -0.350 e. The predicted molar refractivity (Wildman–Crippen MR) is 117 cm³/mol. The smallest absolute Gasteiger partial charge is 0.266 e. The van der Waals surface area contributed by atoms with Crippen molar-refractivity contribution in [3.63, 3.8) is 0 Å². The van der Waals surface area contributed by atoms with Gasteiger partial charge in [0.25, 0.3) is 11.8 Å². The third-order valence-electron chi connectivity index (χ3n) is 6.19. The zero-order chi connectivity index (χ0) is 20.4. The van der Waals surface area contributed by atoms with Gasteiger partial charge < -0.3 is 14.5 Å². The Morgan fingerprint density at radius 3 is 2.50 bits per heavy atom. The van der Waals surface area contributed by atoms with Crippen molar-refractivity contribution in [2.45, 2.75) is 13.1 Å². The summed E-state index contributed by atoms with van der Waals surface area (Å²) in [6, 6.07) is 15.9. The zero-order valence-electron chi connectivity index (χ0n) is 16.6. The number of benzene rings is 2. The van der Waals surface area contributed by atoms with E-state index in [4.69, 9.17) is 0 Å². The monoisotopic (exact) mass is 396 g/mol. The molecule has 0 saturated carbocycles. The second-order valence-electron chi connectivity index (χ2n) is 7.85. The summed E-state index contributed by atoms with van der Waals surface area (Å²) in [6.07, 6.45) is 3.42. The molecule has 30 heavy (non-hydrogen) atoms. The molecule has 0 atom stereocenters. The van der Waals surface area contributed by atoms with E-state index in [-0.39, 0.29) is 11.8 Å². The van der Waals surface area contributed by atoms with Crippen molar-refractivity contribution in [2.24, 2.45) is 7.05 Å². The number of amides is 2. The van der Waals surface area contributed by atoms with E-state index in [2.05, 4.69) is 16.0 Å². The van der Waals surface area contributed by atoms with Crippen LogP contribution in [0.2, 0.25) is 0 Å². The largest absolute Gasteiger partial charge is 0.350 e. The highest BCUT2D eigenvalue weighted by Crippen LogP contribution is 2.40. The van der Waals surface area contributed by atoms with Crippen molar-refractivity contribution < 1.29 is 9.59 Å². The quantitative estimate of drug-likeness (QED) is 0.530. The van der Waals surface area contributed by atoms with E-state index >= 15 is 0 Å². The summed E-state index contributed by atoms with van der Waals surface area (Å²) in [6.45, 7) is 2.31. The van der Waals surface area contributed by atoms with Gasteiger partial charge >= 0.3 is 0 Å². The fraction of sp³-hybridized carbons (Fsp3) is 0.167. The van der Waals surface area contributed by atoms with E-state index in [1.54, 1.807) is 0 Å². The van der Waals surface area contributed by atoms with Crippen molar-refractivity contribution in [1.82, 2.24) is 14.5 Å². The molecule has 4 aromatic rings. The summed E-state index contributed by atoms with van der Waals surface area (Å²) >= 11 is 0. The number of nitrogens with one attached hydrogen (secondary N) is 1. The average molecular weight is 396 g/mol. The van der Waals surface area contributed by atoms with Gasteiger partial charge in [-0.05, 0) is 12.1 Å². The Morgan fingerprint density at radius 2 is 1.67 bits per heavy atom. The minimum absolute atomic E-state index is 0.263. The summed E-state index contributed by atoms with van der Waals surface area (Å²) in [7, 11) is 1.95. The average Bonchev–Trinajstić information content (AvgIpc) is 3.38. The van der Waals surface area contributed by atoms with Crippen LogP contribution in [0, 0.1) is 0 Å². The summed E-state index contributed by atoms with van der Waals surface area (Å²) in [5, 5.41) is 5.28. The van der Waals surface area contributed by atoms with Crippen LogP contribution in [0.1, 0.15) is 11.3 Å².